The van der Waals surface area contributed by atoms with Gasteiger partial charge in [0.25, 0.3) is 0 Å². The summed E-state index contributed by atoms with van der Waals surface area (Å²) in [6.45, 7) is 84.1. The molecule has 23 nitrogen and oxygen atoms in total. The highest BCUT2D eigenvalue weighted by Gasteiger charge is 2.24. The van der Waals surface area contributed by atoms with E-state index in [1.54, 1.807) is 0 Å². The summed E-state index contributed by atoms with van der Waals surface area (Å²) in [6.07, 6.45) is 0. The number of hydrogen-bond acceptors (Lipinski definition) is 16. The Morgan fingerprint density at radius 2 is 0.536 bits per heavy atom. The average Bonchev–Trinajstić information content (AvgIpc) is 1.62. The van der Waals surface area contributed by atoms with Crippen molar-refractivity contribution < 1.29 is 0 Å². The van der Waals surface area contributed by atoms with Crippen LogP contribution in [0.4, 0.5) is 0 Å². The van der Waals surface area contributed by atoms with E-state index in [0.717, 1.165) is 148 Å². The van der Waals surface area contributed by atoms with Crippen LogP contribution in [0.5, 0.6) is 0 Å². The van der Waals surface area contributed by atoms with Crippen LogP contribution < -0.4 is 0 Å². The van der Waals surface area contributed by atoms with Gasteiger partial charge in [0.05, 0.1) is 78.7 Å². The Morgan fingerprint density at radius 1 is 0.200 bits per heavy atom. The number of pyridine rings is 2. The molecule has 0 bridgehead atoms. The quantitative estimate of drug-likeness (QED) is 0.144. The molecule has 0 radical (unpaired) electrons. The van der Waals surface area contributed by atoms with Gasteiger partial charge in [-0.05, 0) is 305 Å². The summed E-state index contributed by atoms with van der Waals surface area (Å²) in [4.78, 5) is 49.6. The first kappa shape index (κ1) is 85.8. The van der Waals surface area contributed by atoms with Crippen LogP contribution in [0.15, 0.2) is 0 Å². The topological polar surface area (TPSA) is 241 Å². The first-order chi connectivity index (χ1) is 51.2. The number of rotatable bonds is 7. The smallest absolute Gasteiger partial charge is 0.164 e. The fraction of sp³-hybridized carbons (Fsp3) is 0.540. The average molecular weight is 1500 g/mol. The summed E-state index contributed by atoms with van der Waals surface area (Å²) >= 11 is 0. The van der Waals surface area contributed by atoms with Gasteiger partial charge in [-0.2, -0.15) is 25.5 Å². The lowest BCUT2D eigenvalue weighted by Crippen LogP contribution is -2.05. The molecule has 0 aliphatic rings. The minimum absolute atomic E-state index is 0.329. The van der Waals surface area contributed by atoms with Crippen molar-refractivity contribution in [3.8, 4) is 0 Å². The Hall–Kier alpha value is -9.80. The van der Waals surface area contributed by atoms with E-state index in [2.05, 4.69) is 295 Å². The summed E-state index contributed by atoms with van der Waals surface area (Å²) in [5.74, 6) is 5.57. The zero-order chi connectivity index (χ0) is 82.5. The number of nitrogens with zero attached hydrogens (tertiary/aromatic N) is 23. The Morgan fingerprint density at radius 3 is 1.03 bits per heavy atom. The summed E-state index contributed by atoms with van der Waals surface area (Å²) in [6, 6.07) is 2.93. The van der Waals surface area contributed by atoms with Crippen molar-refractivity contribution in [3.63, 3.8) is 0 Å². The summed E-state index contributed by atoms with van der Waals surface area (Å²) in [5, 5.41) is 26.1. The van der Waals surface area contributed by atoms with Crippen molar-refractivity contribution in [2.45, 2.75) is 319 Å². The molecule has 0 aliphatic carbocycles. The second kappa shape index (κ2) is 33.8. The molecule has 14 aromatic rings. The summed E-state index contributed by atoms with van der Waals surface area (Å²) in [7, 11) is 0. The van der Waals surface area contributed by atoms with E-state index in [1.807, 2.05) is 94.7 Å². The molecule has 0 N–H and O–H groups in total. The third-order valence-corrected chi connectivity index (χ3v) is 21.2. The van der Waals surface area contributed by atoms with E-state index >= 15 is 0 Å². The zero-order valence-corrected chi connectivity index (χ0v) is 74.3. The van der Waals surface area contributed by atoms with Crippen molar-refractivity contribution in [3.05, 3.63) is 148 Å². The van der Waals surface area contributed by atoms with Crippen molar-refractivity contribution in [1.29, 1.82) is 0 Å². The number of fused-ring (bicyclic) bond motifs is 7. The van der Waals surface area contributed by atoms with Crippen molar-refractivity contribution in [1.82, 2.24) is 112 Å². The van der Waals surface area contributed by atoms with Gasteiger partial charge in [0.2, 0.25) is 0 Å². The Balaban J connectivity index is 0.000000161. The fourth-order valence-corrected chi connectivity index (χ4v) is 16.1. The first-order valence-corrected chi connectivity index (χ1v) is 39.2. The maximum absolute atomic E-state index is 4.66. The molecule has 0 amide bonds. The van der Waals surface area contributed by atoms with Crippen LogP contribution in [0, 0.1) is 180 Å². The van der Waals surface area contributed by atoms with Gasteiger partial charge in [-0.15, -0.1) is 0 Å². The number of aryl methyl sites for hydroxylation is 23. The van der Waals surface area contributed by atoms with Gasteiger partial charge in [0.1, 0.15) is 57.1 Å². The zero-order valence-electron chi connectivity index (χ0n) is 74.3. The number of hydrogen-bond donors (Lipinski definition) is 0. The van der Waals surface area contributed by atoms with Gasteiger partial charge < -0.3 is 27.4 Å². The normalized spacial score (nSPS) is 11.7. The second-order valence-corrected chi connectivity index (χ2v) is 32.1. The van der Waals surface area contributed by atoms with Gasteiger partial charge in [-0.3, -0.25) is 9.97 Å². The van der Waals surface area contributed by atoms with E-state index in [9.17, 15) is 0 Å². The monoisotopic (exact) mass is 1490 g/mol. The van der Waals surface area contributed by atoms with Crippen LogP contribution in [0.3, 0.4) is 0 Å². The minimum atomic E-state index is 0.329. The standard InChI is InChI=1S/C15H22N2.3C13H19N3.3C11H16N4/c1-8(2)17-13(7)10(4)14-12(6)16-11(5)9(3)15(14)17;1-7(2)16-11(6)8(3)12-9(4)14-15-10(5)13(12)16;1-7(2)16-10(5)8(3)12-9(4)14-11(6)15-13(12)16;1-7(2)16-11(6)15-12-10(5)14-9(4)8(3)13(12)16;1-6(2)15-9(5)14-10-7(3)12-8(4)13-11(10)15;1-6(2)15-9(5)12-10-7(3)13-14-8(4)11(10)15;1-6(2)15-11-10(8(4)14-15)7(3)12-9(5)13-11/h8H,1-7H3;3*7H,1-6H3;3*6H,1-5H3. The van der Waals surface area contributed by atoms with E-state index in [-0.39, 0.29) is 0 Å². The summed E-state index contributed by atoms with van der Waals surface area (Å²) in [5.41, 5.74) is 33.9. The largest absolute Gasteiger partial charge is 0.342 e. The molecule has 14 aromatic heterocycles. The molecule has 14 rings (SSSR count). The molecule has 0 saturated heterocycles. The molecule has 0 unspecified atom stereocenters. The highest BCUT2D eigenvalue weighted by Crippen LogP contribution is 2.36. The molecule has 590 valence electrons. The highest BCUT2D eigenvalue weighted by molar-refractivity contribution is 5.91. The molecule has 0 aromatic carbocycles. The van der Waals surface area contributed by atoms with Gasteiger partial charge in [0, 0.05) is 92.6 Å². The van der Waals surface area contributed by atoms with Gasteiger partial charge in [-0.25, -0.2) is 49.5 Å². The maximum atomic E-state index is 4.66. The van der Waals surface area contributed by atoms with E-state index in [4.69, 9.17) is 0 Å². The molecule has 14 heterocycles. The summed E-state index contributed by atoms with van der Waals surface area (Å²) < 4.78 is 15.7. The van der Waals surface area contributed by atoms with E-state index in [1.165, 1.54) is 77.6 Å². The molecular weight excluding hydrogens is 1370 g/mol. The van der Waals surface area contributed by atoms with Crippen LogP contribution in [0.1, 0.15) is 287 Å². The predicted molar refractivity (Wildman–Crippen MR) is 454 cm³/mol. The minimum Gasteiger partial charge on any atom is -0.342 e. The fourth-order valence-electron chi connectivity index (χ4n) is 16.1. The maximum Gasteiger partial charge on any atom is 0.164 e. The Kier molecular flexibility index (Phi) is 26.4. The molecular formula is C87H127N23. The van der Waals surface area contributed by atoms with Gasteiger partial charge in [-0.1, -0.05) is 0 Å². The van der Waals surface area contributed by atoms with Crippen LogP contribution in [0.2, 0.25) is 0 Å². The van der Waals surface area contributed by atoms with Crippen LogP contribution in [-0.2, 0) is 0 Å². The lowest BCUT2D eigenvalue weighted by atomic mass is 10.1. The van der Waals surface area contributed by atoms with Crippen LogP contribution >= 0.6 is 0 Å². The number of aromatic nitrogens is 23. The predicted octanol–water partition coefficient (Wildman–Crippen LogP) is 20.9. The molecule has 0 spiro atoms. The van der Waals surface area contributed by atoms with Crippen molar-refractivity contribution in [2.24, 2.45) is 0 Å². The number of imidazole rings is 3. The lowest BCUT2D eigenvalue weighted by Gasteiger charge is -2.15. The van der Waals surface area contributed by atoms with Gasteiger partial charge in [0.15, 0.2) is 11.3 Å². The van der Waals surface area contributed by atoms with Crippen LogP contribution in [0.25, 0.3) is 77.1 Å². The van der Waals surface area contributed by atoms with E-state index < -0.39 is 0 Å². The van der Waals surface area contributed by atoms with Gasteiger partial charge >= 0.3 is 0 Å². The molecule has 0 aliphatic heterocycles. The molecule has 0 fully saturated rings. The van der Waals surface area contributed by atoms with Crippen molar-refractivity contribution in [2.75, 3.05) is 0 Å². The molecule has 110 heavy (non-hydrogen) atoms. The Bertz CT molecular complexity index is 5730. The van der Waals surface area contributed by atoms with Crippen LogP contribution in [-0.4, -0.2) is 112 Å². The Labute approximate surface area is 653 Å². The third kappa shape index (κ3) is 16.6. The molecule has 0 atom stereocenters. The SMILES string of the molecule is Cc1nc(C)c2c(C)c(C)n(C(C)C)c2c1C.Cc1nc(C)c2c(C)c(C)n(C(C)C)c2n1.Cc1nc(C)c2c(C)nn(C(C)C)c2n1.Cc1nc(C)c2nc(C)n(C(C)C)c2c1C.Cc1nc(C)c2nc(C)n(C(C)C)c2n1.Cc1nnc(C)c2c1c(C)c(C)n2C(C)C.Cc1nnc(C)c2c1nc(C)n2C(C)C. The van der Waals surface area contributed by atoms with Crippen molar-refractivity contribution >= 4 is 77.1 Å². The highest BCUT2D eigenvalue weighted by atomic mass is 15.3. The molecule has 23 heteroatoms. The second-order valence-electron chi connectivity index (χ2n) is 32.1. The van der Waals surface area contributed by atoms with E-state index in [0.29, 0.717) is 42.3 Å². The molecule has 0 saturated carbocycles. The first-order valence-electron chi connectivity index (χ1n) is 39.2. The lowest BCUT2D eigenvalue weighted by molar-refractivity contribution is 0.542. The third-order valence-electron chi connectivity index (χ3n) is 21.2.